The normalized spacial score (nSPS) is 10.0. The molecule has 124 valence electrons. The number of benzene rings is 2. The van der Waals surface area contributed by atoms with Crippen LogP contribution in [0.4, 0.5) is 0 Å². The highest BCUT2D eigenvalue weighted by molar-refractivity contribution is 5.94. The Morgan fingerprint density at radius 1 is 1.12 bits per heavy atom. The molecule has 0 aliphatic carbocycles. The Morgan fingerprint density at radius 2 is 1.92 bits per heavy atom. The van der Waals surface area contributed by atoms with Crippen molar-refractivity contribution >= 4 is 5.91 Å². The van der Waals surface area contributed by atoms with Gasteiger partial charge >= 0.3 is 0 Å². The van der Waals surface area contributed by atoms with E-state index < -0.39 is 0 Å². The molecule has 24 heavy (non-hydrogen) atoms. The van der Waals surface area contributed by atoms with Crippen molar-refractivity contribution in [2.24, 2.45) is 0 Å². The van der Waals surface area contributed by atoms with Crippen LogP contribution in [0.1, 0.15) is 29.3 Å². The lowest BCUT2D eigenvalue weighted by molar-refractivity contribution is 0.0760. The molecule has 0 aliphatic rings. The van der Waals surface area contributed by atoms with E-state index in [1.165, 1.54) is 5.56 Å². The number of rotatable bonds is 8. The smallest absolute Gasteiger partial charge is 0.254 e. The summed E-state index contributed by atoms with van der Waals surface area (Å²) in [5.41, 5.74) is 1.77. The molecule has 0 bridgehead atoms. The van der Waals surface area contributed by atoms with Crippen LogP contribution in [0, 0.1) is 11.3 Å². The van der Waals surface area contributed by atoms with E-state index in [4.69, 9.17) is 10.00 Å². The average molecular weight is 322 g/mol. The van der Waals surface area contributed by atoms with Crippen LogP contribution in [0.15, 0.2) is 54.6 Å². The van der Waals surface area contributed by atoms with Crippen molar-refractivity contribution in [3.8, 4) is 11.8 Å². The monoisotopic (exact) mass is 322 g/mol. The fourth-order valence-corrected chi connectivity index (χ4v) is 2.48. The standard InChI is InChI=1S/C20H22N2O2/c1-2-24-19-11-6-10-18(16-19)20(23)22(14-7-13-21)15-12-17-8-4-3-5-9-17/h3-6,8-11,16H,2,7,12,14-15H2,1H3. The Morgan fingerprint density at radius 3 is 2.62 bits per heavy atom. The first kappa shape index (κ1) is 17.6. The van der Waals surface area contributed by atoms with Gasteiger partial charge in [-0.05, 0) is 37.1 Å². The summed E-state index contributed by atoms with van der Waals surface area (Å²) in [6, 6.07) is 19.4. The van der Waals surface area contributed by atoms with Crippen LogP contribution in [-0.2, 0) is 6.42 Å². The molecule has 0 aromatic heterocycles. The molecule has 0 unspecified atom stereocenters. The summed E-state index contributed by atoms with van der Waals surface area (Å²) >= 11 is 0. The van der Waals surface area contributed by atoms with Crippen LogP contribution < -0.4 is 4.74 Å². The number of amides is 1. The lowest BCUT2D eigenvalue weighted by Gasteiger charge is -2.22. The average Bonchev–Trinajstić information content (AvgIpc) is 2.63. The lowest BCUT2D eigenvalue weighted by atomic mass is 10.1. The SMILES string of the molecule is CCOc1cccc(C(=O)N(CCC#N)CCc2ccccc2)c1. The molecule has 1 amide bonds. The third-order valence-electron chi connectivity index (χ3n) is 3.69. The van der Waals surface area contributed by atoms with Gasteiger partial charge in [-0.2, -0.15) is 5.26 Å². The van der Waals surface area contributed by atoms with Gasteiger partial charge in [0.15, 0.2) is 0 Å². The van der Waals surface area contributed by atoms with Gasteiger partial charge in [0, 0.05) is 18.7 Å². The number of nitrogens with zero attached hydrogens (tertiary/aromatic N) is 2. The maximum absolute atomic E-state index is 12.8. The number of carbonyl (C=O) groups is 1. The van der Waals surface area contributed by atoms with Gasteiger partial charge < -0.3 is 9.64 Å². The number of nitriles is 1. The van der Waals surface area contributed by atoms with Crippen molar-refractivity contribution < 1.29 is 9.53 Å². The van der Waals surface area contributed by atoms with Crippen molar-refractivity contribution in [3.05, 3.63) is 65.7 Å². The second-order valence-electron chi connectivity index (χ2n) is 5.40. The van der Waals surface area contributed by atoms with Crippen LogP contribution >= 0.6 is 0 Å². The number of hydrogen-bond acceptors (Lipinski definition) is 3. The Bertz CT molecular complexity index is 692. The first-order chi connectivity index (χ1) is 11.7. The molecule has 2 aromatic carbocycles. The van der Waals surface area contributed by atoms with Crippen molar-refractivity contribution in [1.29, 1.82) is 5.26 Å². The highest BCUT2D eigenvalue weighted by atomic mass is 16.5. The van der Waals surface area contributed by atoms with Gasteiger partial charge in [0.1, 0.15) is 5.75 Å². The molecule has 0 heterocycles. The summed E-state index contributed by atoms with van der Waals surface area (Å²) in [6.45, 7) is 3.49. The first-order valence-corrected chi connectivity index (χ1v) is 8.17. The summed E-state index contributed by atoms with van der Waals surface area (Å²) < 4.78 is 5.46. The molecular weight excluding hydrogens is 300 g/mol. The van der Waals surface area contributed by atoms with Crippen molar-refractivity contribution in [2.45, 2.75) is 19.8 Å². The molecule has 2 rings (SSSR count). The fourth-order valence-electron chi connectivity index (χ4n) is 2.48. The summed E-state index contributed by atoms with van der Waals surface area (Å²) in [5.74, 6) is 0.620. The molecule has 0 fully saturated rings. The highest BCUT2D eigenvalue weighted by Gasteiger charge is 2.16. The van der Waals surface area contributed by atoms with Crippen LogP contribution in [0.2, 0.25) is 0 Å². The minimum Gasteiger partial charge on any atom is -0.494 e. The molecule has 0 saturated carbocycles. The molecule has 0 radical (unpaired) electrons. The zero-order valence-corrected chi connectivity index (χ0v) is 13.9. The van der Waals surface area contributed by atoms with Gasteiger partial charge in [-0.3, -0.25) is 4.79 Å². The summed E-state index contributed by atoms with van der Waals surface area (Å²) in [7, 11) is 0. The van der Waals surface area contributed by atoms with Crippen LogP contribution in [0.25, 0.3) is 0 Å². The predicted molar refractivity (Wildman–Crippen MR) is 93.9 cm³/mol. The molecular formula is C20H22N2O2. The fraction of sp³-hybridized carbons (Fsp3) is 0.300. The van der Waals surface area contributed by atoms with Gasteiger partial charge in [-0.1, -0.05) is 36.4 Å². The molecule has 0 N–H and O–H groups in total. The summed E-state index contributed by atoms with van der Waals surface area (Å²) in [6.07, 6.45) is 1.09. The molecule has 4 nitrogen and oxygen atoms in total. The van der Waals surface area contributed by atoms with E-state index in [2.05, 4.69) is 6.07 Å². The third-order valence-corrected chi connectivity index (χ3v) is 3.69. The van der Waals surface area contributed by atoms with Gasteiger partial charge in [0.2, 0.25) is 0 Å². The first-order valence-electron chi connectivity index (χ1n) is 8.17. The molecule has 4 heteroatoms. The minimum atomic E-state index is -0.0669. The van der Waals surface area contributed by atoms with Gasteiger partial charge in [-0.15, -0.1) is 0 Å². The molecule has 0 aliphatic heterocycles. The third kappa shape index (κ3) is 5.13. The Labute approximate surface area is 143 Å². The predicted octanol–water partition coefficient (Wildman–Crippen LogP) is 3.68. The highest BCUT2D eigenvalue weighted by Crippen LogP contribution is 2.16. The quantitative estimate of drug-likeness (QED) is 0.745. The van der Waals surface area contributed by atoms with Crippen LogP contribution in [-0.4, -0.2) is 30.5 Å². The minimum absolute atomic E-state index is 0.0669. The van der Waals surface area contributed by atoms with Crippen LogP contribution in [0.5, 0.6) is 5.75 Å². The van der Waals surface area contributed by atoms with E-state index in [0.29, 0.717) is 37.4 Å². The molecule has 0 spiro atoms. The maximum Gasteiger partial charge on any atom is 0.254 e. The second-order valence-corrected chi connectivity index (χ2v) is 5.40. The van der Waals surface area contributed by atoms with E-state index in [-0.39, 0.29) is 5.91 Å². The zero-order valence-electron chi connectivity index (χ0n) is 13.9. The zero-order chi connectivity index (χ0) is 17.2. The Hall–Kier alpha value is -2.80. The van der Waals surface area contributed by atoms with Crippen LogP contribution in [0.3, 0.4) is 0 Å². The number of ether oxygens (including phenoxy) is 1. The molecule has 0 saturated heterocycles. The Balaban J connectivity index is 2.09. The van der Waals surface area contributed by atoms with E-state index >= 15 is 0 Å². The van der Waals surface area contributed by atoms with Gasteiger partial charge in [-0.25, -0.2) is 0 Å². The molecule has 2 aromatic rings. The molecule has 0 atom stereocenters. The van der Waals surface area contributed by atoms with Crippen molar-refractivity contribution in [2.75, 3.05) is 19.7 Å². The second kappa shape index (κ2) is 9.36. The van der Waals surface area contributed by atoms with Crippen molar-refractivity contribution in [1.82, 2.24) is 4.90 Å². The van der Waals surface area contributed by atoms with Gasteiger partial charge in [0.05, 0.1) is 19.1 Å². The van der Waals surface area contributed by atoms with Crippen molar-refractivity contribution in [3.63, 3.8) is 0 Å². The van der Waals surface area contributed by atoms with E-state index in [1.54, 1.807) is 17.0 Å². The Kier molecular flexibility index (Phi) is 6.85. The van der Waals surface area contributed by atoms with Gasteiger partial charge in [0.25, 0.3) is 5.91 Å². The van der Waals surface area contributed by atoms with E-state index in [9.17, 15) is 4.79 Å². The summed E-state index contributed by atoms with van der Waals surface area (Å²) in [5, 5.41) is 8.86. The van der Waals surface area contributed by atoms with E-state index in [1.807, 2.05) is 49.4 Å². The lowest BCUT2D eigenvalue weighted by Crippen LogP contribution is -2.33. The number of hydrogen-bond donors (Lipinski definition) is 0. The maximum atomic E-state index is 12.8. The van der Waals surface area contributed by atoms with E-state index in [0.717, 1.165) is 6.42 Å². The number of carbonyl (C=O) groups excluding carboxylic acids is 1. The largest absolute Gasteiger partial charge is 0.494 e. The summed E-state index contributed by atoms with van der Waals surface area (Å²) in [4.78, 5) is 14.5. The topological polar surface area (TPSA) is 53.3 Å².